The standard InChI is InChI=1S/C30H45N3O5/c1-19-16-30-22(21(29(19,7)38-30)24(35)31-17-20-12-9-8-10-13-20)26(37)33(14-11-15-34)23(30)25(36)32-28(5,6)18-27(2,3)4/h8-10,12-13,19,21-23,34H,11,14-18H2,1-7H3,(H,31,35)(H,32,36)/t19?,21-,22+,23?,29+,30?/m1/s1. The van der Waals surface area contributed by atoms with Crippen molar-refractivity contribution in [2.45, 2.75) is 97.1 Å². The number of ether oxygens (including phenoxy) is 1. The summed E-state index contributed by atoms with van der Waals surface area (Å²) in [6.07, 6.45) is 1.62. The third-order valence-electron chi connectivity index (χ3n) is 8.65. The first kappa shape index (κ1) is 28.6. The van der Waals surface area contributed by atoms with Gasteiger partial charge >= 0.3 is 0 Å². The summed E-state index contributed by atoms with van der Waals surface area (Å²) < 4.78 is 6.75. The van der Waals surface area contributed by atoms with Crippen LogP contribution in [-0.2, 0) is 25.7 Å². The van der Waals surface area contributed by atoms with E-state index in [9.17, 15) is 19.5 Å². The molecule has 38 heavy (non-hydrogen) atoms. The summed E-state index contributed by atoms with van der Waals surface area (Å²) in [5.74, 6) is -2.19. The number of aliphatic hydroxyl groups excluding tert-OH is 1. The summed E-state index contributed by atoms with van der Waals surface area (Å²) in [6, 6.07) is 8.80. The Morgan fingerprint density at radius 3 is 2.39 bits per heavy atom. The Morgan fingerprint density at radius 1 is 1.13 bits per heavy atom. The molecule has 6 atom stereocenters. The van der Waals surface area contributed by atoms with Crippen molar-refractivity contribution in [3.8, 4) is 0 Å². The van der Waals surface area contributed by atoms with E-state index >= 15 is 0 Å². The van der Waals surface area contributed by atoms with Crippen LogP contribution in [0, 0.1) is 23.2 Å². The highest BCUT2D eigenvalue weighted by atomic mass is 16.5. The summed E-state index contributed by atoms with van der Waals surface area (Å²) in [4.78, 5) is 43.4. The Labute approximate surface area is 226 Å². The van der Waals surface area contributed by atoms with Crippen molar-refractivity contribution in [3.63, 3.8) is 0 Å². The van der Waals surface area contributed by atoms with Gasteiger partial charge in [-0.3, -0.25) is 14.4 Å². The van der Waals surface area contributed by atoms with Crippen molar-refractivity contribution in [1.29, 1.82) is 0 Å². The Morgan fingerprint density at radius 2 is 1.79 bits per heavy atom. The van der Waals surface area contributed by atoms with E-state index in [1.807, 2.05) is 58.0 Å². The molecule has 8 nitrogen and oxygen atoms in total. The average molecular weight is 528 g/mol. The highest BCUT2D eigenvalue weighted by molar-refractivity contribution is 5.99. The lowest BCUT2D eigenvalue weighted by Gasteiger charge is -2.38. The zero-order valence-electron chi connectivity index (χ0n) is 24.0. The maximum absolute atomic E-state index is 14.0. The highest BCUT2D eigenvalue weighted by Crippen LogP contribution is 2.65. The summed E-state index contributed by atoms with van der Waals surface area (Å²) in [7, 11) is 0. The Bertz CT molecular complexity index is 1070. The van der Waals surface area contributed by atoms with Gasteiger partial charge in [0, 0.05) is 25.2 Å². The largest absolute Gasteiger partial charge is 0.396 e. The molecule has 3 amide bonds. The minimum Gasteiger partial charge on any atom is -0.396 e. The van der Waals surface area contributed by atoms with Crippen LogP contribution in [-0.4, -0.2) is 63.7 Å². The normalized spacial score (nSPS) is 32.4. The second kappa shape index (κ2) is 9.94. The van der Waals surface area contributed by atoms with Crippen LogP contribution >= 0.6 is 0 Å². The number of nitrogens with zero attached hydrogens (tertiary/aromatic N) is 1. The molecule has 0 radical (unpaired) electrons. The SMILES string of the molecule is CC1CC23O[C@]1(C)[C@@H](C(=O)NCc1ccccc1)[C@H]2C(=O)N(CCCO)C3C(=O)NC(C)(C)CC(C)(C)C. The van der Waals surface area contributed by atoms with Crippen molar-refractivity contribution in [2.24, 2.45) is 23.2 Å². The Kier molecular flexibility index (Phi) is 7.47. The molecule has 0 saturated carbocycles. The van der Waals surface area contributed by atoms with Gasteiger partial charge < -0.3 is 25.4 Å². The molecular weight excluding hydrogens is 482 g/mol. The topological polar surface area (TPSA) is 108 Å². The van der Waals surface area contributed by atoms with Gasteiger partial charge in [-0.1, -0.05) is 58.0 Å². The number of benzene rings is 1. The molecule has 0 aromatic heterocycles. The molecule has 210 valence electrons. The molecule has 1 spiro atoms. The van der Waals surface area contributed by atoms with Gasteiger partial charge in [-0.25, -0.2) is 0 Å². The minimum absolute atomic E-state index is 0.00802. The van der Waals surface area contributed by atoms with E-state index in [1.165, 1.54) is 0 Å². The summed E-state index contributed by atoms with van der Waals surface area (Å²) in [6.45, 7) is 14.8. The number of nitrogens with one attached hydrogen (secondary N) is 2. The molecule has 3 fully saturated rings. The molecule has 1 aromatic rings. The van der Waals surface area contributed by atoms with E-state index in [-0.39, 0.29) is 42.2 Å². The van der Waals surface area contributed by atoms with Gasteiger partial charge in [-0.05, 0) is 56.9 Å². The average Bonchev–Trinajstić information content (AvgIpc) is 3.31. The van der Waals surface area contributed by atoms with Crippen LogP contribution in [0.2, 0.25) is 0 Å². The zero-order valence-corrected chi connectivity index (χ0v) is 24.0. The van der Waals surface area contributed by atoms with Gasteiger partial charge in [0.05, 0.1) is 17.4 Å². The lowest BCUT2D eigenvalue weighted by molar-refractivity contribution is -0.148. The van der Waals surface area contributed by atoms with Crippen molar-refractivity contribution in [3.05, 3.63) is 35.9 Å². The molecular formula is C30H45N3O5. The van der Waals surface area contributed by atoms with Crippen LogP contribution in [0.3, 0.4) is 0 Å². The van der Waals surface area contributed by atoms with Gasteiger partial charge in [-0.2, -0.15) is 0 Å². The van der Waals surface area contributed by atoms with Gasteiger partial charge in [0.25, 0.3) is 0 Å². The van der Waals surface area contributed by atoms with Gasteiger partial charge in [0.1, 0.15) is 11.6 Å². The lowest BCUT2D eigenvalue weighted by Crippen LogP contribution is -2.59. The molecule has 3 heterocycles. The number of carbonyl (C=O) groups is 3. The van der Waals surface area contributed by atoms with Crippen molar-refractivity contribution < 1.29 is 24.2 Å². The third kappa shape index (κ3) is 4.97. The summed E-state index contributed by atoms with van der Waals surface area (Å²) >= 11 is 0. The molecule has 3 aliphatic heterocycles. The first-order chi connectivity index (χ1) is 17.7. The van der Waals surface area contributed by atoms with Crippen molar-refractivity contribution in [1.82, 2.24) is 15.5 Å². The maximum atomic E-state index is 14.0. The number of likely N-dealkylation sites (tertiary alicyclic amines) is 1. The number of amides is 3. The van der Waals surface area contributed by atoms with Crippen LogP contribution in [0.15, 0.2) is 30.3 Å². The fourth-order valence-corrected chi connectivity index (χ4v) is 7.59. The predicted octanol–water partition coefficient (Wildman–Crippen LogP) is 3.03. The molecule has 0 aliphatic carbocycles. The zero-order chi connectivity index (χ0) is 28.1. The number of carbonyl (C=O) groups excluding carboxylic acids is 3. The molecule has 3 aliphatic rings. The van der Waals surface area contributed by atoms with Crippen LogP contribution < -0.4 is 10.6 Å². The Balaban J connectivity index is 1.67. The fourth-order valence-electron chi connectivity index (χ4n) is 7.59. The van der Waals surface area contributed by atoms with Crippen LogP contribution in [0.4, 0.5) is 0 Å². The van der Waals surface area contributed by atoms with Crippen molar-refractivity contribution in [2.75, 3.05) is 13.2 Å². The number of fused-ring (bicyclic) bond motifs is 1. The van der Waals surface area contributed by atoms with Gasteiger partial charge in [0.2, 0.25) is 17.7 Å². The molecule has 3 saturated heterocycles. The summed E-state index contributed by atoms with van der Waals surface area (Å²) in [5, 5.41) is 15.8. The minimum atomic E-state index is -1.09. The lowest BCUT2D eigenvalue weighted by atomic mass is 9.62. The molecule has 3 unspecified atom stereocenters. The molecule has 2 bridgehead atoms. The highest BCUT2D eigenvalue weighted by Gasteiger charge is 2.79. The van der Waals surface area contributed by atoms with E-state index in [2.05, 4.69) is 31.4 Å². The predicted molar refractivity (Wildman–Crippen MR) is 145 cm³/mol. The fraction of sp³-hybridized carbons (Fsp3) is 0.700. The number of hydrogen-bond donors (Lipinski definition) is 3. The maximum Gasteiger partial charge on any atom is 0.246 e. The van der Waals surface area contributed by atoms with E-state index in [0.717, 1.165) is 12.0 Å². The summed E-state index contributed by atoms with van der Waals surface area (Å²) in [5.41, 5.74) is -1.49. The quantitative estimate of drug-likeness (QED) is 0.458. The van der Waals surface area contributed by atoms with E-state index in [1.54, 1.807) is 4.90 Å². The molecule has 8 heteroatoms. The number of aliphatic hydroxyl groups is 1. The number of hydrogen-bond acceptors (Lipinski definition) is 5. The van der Waals surface area contributed by atoms with Crippen LogP contribution in [0.1, 0.15) is 73.3 Å². The monoisotopic (exact) mass is 527 g/mol. The second-order valence-corrected chi connectivity index (χ2v) is 13.6. The van der Waals surface area contributed by atoms with Crippen molar-refractivity contribution >= 4 is 17.7 Å². The van der Waals surface area contributed by atoms with Crippen LogP contribution in [0.25, 0.3) is 0 Å². The Hall–Kier alpha value is -2.45. The van der Waals surface area contributed by atoms with Gasteiger partial charge in [0.15, 0.2) is 0 Å². The second-order valence-electron chi connectivity index (χ2n) is 13.6. The number of rotatable bonds is 9. The van der Waals surface area contributed by atoms with Crippen LogP contribution in [0.5, 0.6) is 0 Å². The molecule has 3 N–H and O–H groups in total. The van der Waals surface area contributed by atoms with E-state index in [0.29, 0.717) is 19.4 Å². The van der Waals surface area contributed by atoms with E-state index < -0.39 is 34.6 Å². The first-order valence-corrected chi connectivity index (χ1v) is 13.9. The van der Waals surface area contributed by atoms with Gasteiger partial charge in [-0.15, -0.1) is 0 Å². The third-order valence-corrected chi connectivity index (χ3v) is 8.65. The molecule has 4 rings (SSSR count). The first-order valence-electron chi connectivity index (χ1n) is 13.9. The smallest absolute Gasteiger partial charge is 0.246 e. The molecule has 1 aromatic carbocycles. The van der Waals surface area contributed by atoms with E-state index in [4.69, 9.17) is 4.74 Å².